The molecule has 10 heteroatoms. The minimum atomic E-state index is -1.44. The van der Waals surface area contributed by atoms with E-state index in [2.05, 4.69) is 10.2 Å². The number of ether oxygens (including phenoxy) is 2. The first-order chi connectivity index (χ1) is 15.4. The first-order valence-corrected chi connectivity index (χ1v) is 10.4. The third-order valence-electron chi connectivity index (χ3n) is 5.49. The van der Waals surface area contributed by atoms with Gasteiger partial charge in [-0.3, -0.25) is 4.57 Å². The van der Waals surface area contributed by atoms with E-state index in [-0.39, 0.29) is 0 Å². The van der Waals surface area contributed by atoms with Crippen molar-refractivity contribution in [2.24, 2.45) is 7.05 Å². The van der Waals surface area contributed by atoms with Crippen LogP contribution in [-0.4, -0.2) is 66.2 Å². The van der Waals surface area contributed by atoms with E-state index >= 15 is 0 Å². The van der Waals surface area contributed by atoms with Crippen LogP contribution in [0.15, 0.2) is 48.8 Å². The molecule has 9 nitrogen and oxygen atoms in total. The van der Waals surface area contributed by atoms with Gasteiger partial charge >= 0.3 is 6.01 Å². The van der Waals surface area contributed by atoms with Crippen molar-refractivity contribution in [3.05, 3.63) is 70.5 Å². The Morgan fingerprint density at radius 2 is 1.81 bits per heavy atom. The van der Waals surface area contributed by atoms with Gasteiger partial charge in [-0.2, -0.15) is 0 Å². The second-order valence-electron chi connectivity index (χ2n) is 7.75. The van der Waals surface area contributed by atoms with Crippen LogP contribution in [0.3, 0.4) is 0 Å². The van der Waals surface area contributed by atoms with Crippen LogP contribution in [-0.2, 0) is 18.2 Å². The summed E-state index contributed by atoms with van der Waals surface area (Å²) in [5.41, 5.74) is 2.36. The van der Waals surface area contributed by atoms with E-state index in [9.17, 15) is 20.4 Å². The van der Waals surface area contributed by atoms with Gasteiger partial charge in [-0.15, -0.1) is 5.10 Å². The SMILES string of the molecule is Cn1cnnc1Oc1ccc(Cc2cc([C@@H]3O[C@H](CO)[C@@H](O)C(O)[C@H]3O)ccc2Cl)cc1. The summed E-state index contributed by atoms with van der Waals surface area (Å²) in [5, 5.41) is 48.1. The van der Waals surface area contributed by atoms with Crippen molar-refractivity contribution in [1.29, 1.82) is 0 Å². The summed E-state index contributed by atoms with van der Waals surface area (Å²) in [7, 11) is 1.79. The molecule has 0 saturated carbocycles. The summed E-state index contributed by atoms with van der Waals surface area (Å²) in [5.74, 6) is 0.617. The Morgan fingerprint density at radius 1 is 1.06 bits per heavy atom. The van der Waals surface area contributed by atoms with Crippen LogP contribution in [0, 0.1) is 0 Å². The van der Waals surface area contributed by atoms with Crippen molar-refractivity contribution in [2.45, 2.75) is 36.9 Å². The molecule has 5 atom stereocenters. The number of nitrogens with zero attached hydrogens (tertiary/aromatic N) is 3. The van der Waals surface area contributed by atoms with Gasteiger partial charge in [0.15, 0.2) is 0 Å². The topological polar surface area (TPSA) is 130 Å². The van der Waals surface area contributed by atoms with Crippen molar-refractivity contribution in [2.75, 3.05) is 6.61 Å². The van der Waals surface area contributed by atoms with Crippen LogP contribution in [0.25, 0.3) is 0 Å². The largest absolute Gasteiger partial charge is 0.424 e. The second-order valence-corrected chi connectivity index (χ2v) is 8.15. The molecule has 1 fully saturated rings. The molecule has 1 unspecified atom stereocenters. The highest BCUT2D eigenvalue weighted by Crippen LogP contribution is 2.34. The maximum absolute atomic E-state index is 10.4. The standard InChI is InChI=1S/C22H24ClN3O6/c1-26-11-24-25-22(26)31-15-5-2-12(3-6-15)8-14-9-13(4-7-16(14)23)21-20(30)19(29)18(28)17(10-27)32-21/h2-7,9,11,17-21,27-30H,8,10H2,1H3/t17-,18-,19?,20-,21+/m1/s1. The Labute approximate surface area is 189 Å². The van der Waals surface area contributed by atoms with E-state index in [1.165, 1.54) is 0 Å². The number of benzene rings is 2. The van der Waals surface area contributed by atoms with E-state index in [1.807, 2.05) is 24.3 Å². The summed E-state index contributed by atoms with van der Waals surface area (Å²) in [6.45, 7) is -0.481. The highest BCUT2D eigenvalue weighted by atomic mass is 35.5. The minimum Gasteiger partial charge on any atom is -0.424 e. The lowest BCUT2D eigenvalue weighted by Gasteiger charge is -2.40. The van der Waals surface area contributed by atoms with Crippen molar-refractivity contribution < 1.29 is 29.9 Å². The Bertz CT molecular complexity index is 1060. The molecule has 0 aliphatic carbocycles. The molecule has 3 aromatic rings. The molecule has 1 aromatic heterocycles. The Hall–Kier alpha value is -2.53. The zero-order valence-corrected chi connectivity index (χ0v) is 18.0. The van der Waals surface area contributed by atoms with E-state index in [1.54, 1.807) is 36.1 Å². The molecule has 1 aliphatic rings. The number of hydrogen-bond donors (Lipinski definition) is 4. The summed E-state index contributed by atoms with van der Waals surface area (Å²) in [6.07, 6.45) is -4.02. The van der Waals surface area contributed by atoms with Crippen LogP contribution < -0.4 is 4.74 Å². The van der Waals surface area contributed by atoms with Gasteiger partial charge in [-0.05, 0) is 41.3 Å². The van der Waals surface area contributed by atoms with Gasteiger partial charge in [0.25, 0.3) is 0 Å². The Kier molecular flexibility index (Phi) is 6.75. The average molecular weight is 462 g/mol. The third-order valence-corrected chi connectivity index (χ3v) is 5.86. The summed E-state index contributed by atoms with van der Waals surface area (Å²) in [4.78, 5) is 0. The molecule has 2 aromatic carbocycles. The number of halogens is 1. The highest BCUT2D eigenvalue weighted by Gasteiger charge is 2.44. The number of hydrogen-bond acceptors (Lipinski definition) is 8. The predicted octanol–water partition coefficient (Wildman–Crippen LogP) is 1.37. The zero-order chi connectivity index (χ0) is 22.8. The summed E-state index contributed by atoms with van der Waals surface area (Å²) >= 11 is 6.40. The fourth-order valence-corrected chi connectivity index (χ4v) is 3.83. The third kappa shape index (κ3) is 4.63. The van der Waals surface area contributed by atoms with E-state index in [0.717, 1.165) is 11.1 Å². The molecule has 170 valence electrons. The van der Waals surface area contributed by atoms with Gasteiger partial charge in [0.2, 0.25) is 0 Å². The van der Waals surface area contributed by atoms with Gasteiger partial charge in [-0.1, -0.05) is 41.0 Å². The molecule has 1 saturated heterocycles. The van der Waals surface area contributed by atoms with Gasteiger partial charge in [0.1, 0.15) is 42.6 Å². The summed E-state index contributed by atoms with van der Waals surface area (Å²) in [6, 6.07) is 13.0. The predicted molar refractivity (Wildman–Crippen MR) is 114 cm³/mol. The second kappa shape index (κ2) is 9.53. The van der Waals surface area contributed by atoms with E-state index in [0.29, 0.717) is 28.8 Å². The smallest absolute Gasteiger partial charge is 0.322 e. The maximum atomic E-state index is 10.4. The van der Waals surface area contributed by atoms with Crippen molar-refractivity contribution in [3.8, 4) is 11.8 Å². The molecule has 0 radical (unpaired) electrons. The van der Waals surface area contributed by atoms with Crippen LogP contribution in [0.4, 0.5) is 0 Å². The molecule has 32 heavy (non-hydrogen) atoms. The number of aromatic nitrogens is 3. The fourth-order valence-electron chi connectivity index (χ4n) is 3.65. The lowest BCUT2D eigenvalue weighted by molar-refractivity contribution is -0.231. The van der Waals surface area contributed by atoms with Gasteiger partial charge < -0.3 is 29.9 Å². The quantitative estimate of drug-likeness (QED) is 0.433. The molecular weight excluding hydrogens is 438 g/mol. The van der Waals surface area contributed by atoms with Gasteiger partial charge in [0, 0.05) is 12.1 Å². The molecule has 2 heterocycles. The summed E-state index contributed by atoms with van der Waals surface area (Å²) < 4.78 is 13.0. The van der Waals surface area contributed by atoms with Crippen molar-refractivity contribution in [3.63, 3.8) is 0 Å². The number of rotatable bonds is 6. The molecule has 0 spiro atoms. The van der Waals surface area contributed by atoms with Crippen LogP contribution in [0.5, 0.6) is 11.8 Å². The monoisotopic (exact) mass is 461 g/mol. The highest BCUT2D eigenvalue weighted by molar-refractivity contribution is 6.31. The number of aliphatic hydroxyl groups excluding tert-OH is 4. The lowest BCUT2D eigenvalue weighted by Crippen LogP contribution is -2.55. The Balaban J connectivity index is 1.51. The zero-order valence-electron chi connectivity index (χ0n) is 17.2. The van der Waals surface area contributed by atoms with Crippen molar-refractivity contribution >= 4 is 11.6 Å². The average Bonchev–Trinajstić information content (AvgIpc) is 3.19. The normalized spacial score (nSPS) is 25.6. The van der Waals surface area contributed by atoms with Crippen LogP contribution >= 0.6 is 11.6 Å². The van der Waals surface area contributed by atoms with Gasteiger partial charge in [0.05, 0.1) is 6.61 Å². The van der Waals surface area contributed by atoms with E-state index in [4.69, 9.17) is 21.1 Å². The van der Waals surface area contributed by atoms with Crippen LogP contribution in [0.2, 0.25) is 5.02 Å². The molecule has 4 N–H and O–H groups in total. The lowest BCUT2D eigenvalue weighted by atomic mass is 9.90. The van der Waals surface area contributed by atoms with Crippen molar-refractivity contribution in [1.82, 2.24) is 14.8 Å². The molecule has 1 aliphatic heterocycles. The van der Waals surface area contributed by atoms with Crippen LogP contribution in [0.1, 0.15) is 22.8 Å². The molecule has 4 rings (SSSR count). The Morgan fingerprint density at radius 3 is 2.47 bits per heavy atom. The fraction of sp³-hybridized carbons (Fsp3) is 0.364. The molecule has 0 amide bonds. The minimum absolute atomic E-state index is 0.382. The first-order valence-electron chi connectivity index (χ1n) is 10.1. The molecular formula is C22H24ClN3O6. The molecule has 0 bridgehead atoms. The number of aliphatic hydroxyl groups is 4. The first kappa shape index (κ1) is 22.7. The van der Waals surface area contributed by atoms with Gasteiger partial charge in [-0.25, -0.2) is 0 Å². The maximum Gasteiger partial charge on any atom is 0.322 e. The number of aryl methyl sites for hydroxylation is 1. The van der Waals surface area contributed by atoms with E-state index < -0.39 is 37.1 Å².